The number of urea groups is 1. The van der Waals surface area contributed by atoms with Crippen LogP contribution in [0.25, 0.3) is 0 Å². The summed E-state index contributed by atoms with van der Waals surface area (Å²) in [4.78, 5) is 31.7. The first-order chi connectivity index (χ1) is 9.47. The van der Waals surface area contributed by atoms with Gasteiger partial charge in [0.25, 0.3) is 0 Å². The molecule has 1 fully saturated rings. The molecular formula is C13H20N4O3. The number of nitrogens with one attached hydrogen (secondary N) is 2. The zero-order valence-corrected chi connectivity index (χ0v) is 11.7. The highest BCUT2D eigenvalue weighted by molar-refractivity contribution is 5.82. The lowest BCUT2D eigenvalue weighted by Crippen LogP contribution is -2.48. The molecule has 1 aliphatic rings. The summed E-state index contributed by atoms with van der Waals surface area (Å²) in [6.45, 7) is 5.53. The Labute approximate surface area is 117 Å². The molecule has 0 aliphatic carbocycles. The number of aliphatic carboxylic acids is 1. The maximum Gasteiger partial charge on any atom is 0.326 e. The molecule has 2 rings (SSSR count). The minimum Gasteiger partial charge on any atom is -0.480 e. The molecule has 1 aromatic heterocycles. The molecule has 1 aliphatic heterocycles. The van der Waals surface area contributed by atoms with Gasteiger partial charge < -0.3 is 20.3 Å². The number of imidazole rings is 1. The number of hydrogen-bond acceptors (Lipinski definition) is 3. The lowest BCUT2D eigenvalue weighted by Gasteiger charge is -2.20. The Bertz CT molecular complexity index is 464. The van der Waals surface area contributed by atoms with Gasteiger partial charge in [-0.2, -0.15) is 0 Å². The fraction of sp³-hybridized carbons (Fsp3) is 0.615. The average molecular weight is 280 g/mol. The Morgan fingerprint density at radius 1 is 1.50 bits per heavy atom. The van der Waals surface area contributed by atoms with E-state index in [1.165, 1.54) is 6.33 Å². The van der Waals surface area contributed by atoms with Gasteiger partial charge in [0.1, 0.15) is 6.04 Å². The van der Waals surface area contributed by atoms with Crippen LogP contribution in [0.4, 0.5) is 4.79 Å². The first-order valence-electron chi connectivity index (χ1n) is 6.73. The van der Waals surface area contributed by atoms with E-state index in [9.17, 15) is 14.7 Å². The van der Waals surface area contributed by atoms with Gasteiger partial charge in [0.15, 0.2) is 0 Å². The van der Waals surface area contributed by atoms with Crippen molar-refractivity contribution in [3.05, 3.63) is 18.2 Å². The Hall–Kier alpha value is -2.05. The van der Waals surface area contributed by atoms with Crippen LogP contribution in [0.3, 0.4) is 0 Å². The number of carboxylic acid groups (broad SMARTS) is 1. The van der Waals surface area contributed by atoms with Crippen LogP contribution in [-0.4, -0.2) is 51.1 Å². The van der Waals surface area contributed by atoms with Gasteiger partial charge in [0.05, 0.1) is 6.33 Å². The van der Waals surface area contributed by atoms with Crippen LogP contribution in [-0.2, 0) is 11.2 Å². The summed E-state index contributed by atoms with van der Waals surface area (Å²) in [6, 6.07) is -1.26. The normalized spacial score (nSPS) is 23.6. The number of aromatic nitrogens is 2. The standard InChI is InChI=1S/C13H20N4O3/c1-8-5-17(6-9(8)2)13(20)16-11(12(18)19)3-10-4-14-7-15-10/h4,7-9,11H,3,5-6H2,1-2H3,(H,14,15)(H,16,20)(H,18,19)/t8?,9?,11-/m1/s1. The third-order valence-corrected chi connectivity index (χ3v) is 3.85. The number of carbonyl (C=O) groups excluding carboxylic acids is 1. The molecule has 1 saturated heterocycles. The van der Waals surface area contributed by atoms with Crippen LogP contribution in [0, 0.1) is 11.8 Å². The molecule has 3 N–H and O–H groups in total. The van der Waals surface area contributed by atoms with Crippen molar-refractivity contribution in [1.82, 2.24) is 20.2 Å². The van der Waals surface area contributed by atoms with Crippen LogP contribution in [0.1, 0.15) is 19.5 Å². The summed E-state index contributed by atoms with van der Waals surface area (Å²) in [6.07, 6.45) is 3.24. The van der Waals surface area contributed by atoms with E-state index in [0.717, 1.165) is 0 Å². The second-order valence-electron chi connectivity index (χ2n) is 5.48. The highest BCUT2D eigenvalue weighted by atomic mass is 16.4. The van der Waals surface area contributed by atoms with E-state index in [-0.39, 0.29) is 12.5 Å². The van der Waals surface area contributed by atoms with Crippen molar-refractivity contribution in [3.63, 3.8) is 0 Å². The van der Waals surface area contributed by atoms with Gasteiger partial charge in [-0.25, -0.2) is 14.6 Å². The lowest BCUT2D eigenvalue weighted by molar-refractivity contribution is -0.139. The Balaban J connectivity index is 1.94. The second kappa shape index (κ2) is 5.94. The van der Waals surface area contributed by atoms with Crippen LogP contribution in [0.5, 0.6) is 0 Å². The zero-order valence-electron chi connectivity index (χ0n) is 11.7. The van der Waals surface area contributed by atoms with E-state index in [4.69, 9.17) is 0 Å². The van der Waals surface area contributed by atoms with Crippen LogP contribution in [0.2, 0.25) is 0 Å². The topological polar surface area (TPSA) is 98.3 Å². The molecule has 3 atom stereocenters. The molecule has 2 amide bonds. The number of aromatic amines is 1. The van der Waals surface area contributed by atoms with Gasteiger partial charge in [-0.15, -0.1) is 0 Å². The molecule has 0 bridgehead atoms. The van der Waals surface area contributed by atoms with Gasteiger partial charge in [-0.3, -0.25) is 0 Å². The Morgan fingerprint density at radius 3 is 2.65 bits per heavy atom. The molecule has 0 aromatic carbocycles. The Kier molecular flexibility index (Phi) is 4.26. The predicted octanol–water partition coefficient (Wildman–Crippen LogP) is 0.703. The number of hydrogen-bond donors (Lipinski definition) is 3. The molecule has 7 heteroatoms. The maximum absolute atomic E-state index is 12.1. The van der Waals surface area contributed by atoms with Crippen LogP contribution < -0.4 is 5.32 Å². The molecule has 0 spiro atoms. The molecule has 2 heterocycles. The monoisotopic (exact) mass is 280 g/mol. The van der Waals surface area contributed by atoms with Gasteiger partial charge >= 0.3 is 12.0 Å². The molecule has 1 aromatic rings. The van der Waals surface area contributed by atoms with E-state index in [1.807, 2.05) is 0 Å². The maximum atomic E-state index is 12.1. The fourth-order valence-corrected chi connectivity index (χ4v) is 2.35. The van der Waals surface area contributed by atoms with E-state index in [1.54, 1.807) is 11.1 Å². The zero-order chi connectivity index (χ0) is 14.7. The quantitative estimate of drug-likeness (QED) is 0.756. The number of carboxylic acids is 1. The number of amides is 2. The summed E-state index contributed by atoms with van der Waals surface area (Å²) in [5.41, 5.74) is 0.681. The van der Waals surface area contributed by atoms with Crippen molar-refractivity contribution < 1.29 is 14.7 Å². The van der Waals surface area contributed by atoms with Gasteiger partial charge in [0, 0.05) is 31.4 Å². The number of H-pyrrole nitrogens is 1. The van der Waals surface area contributed by atoms with Crippen molar-refractivity contribution in [1.29, 1.82) is 0 Å². The first-order valence-corrected chi connectivity index (χ1v) is 6.73. The van der Waals surface area contributed by atoms with Crippen LogP contribution >= 0.6 is 0 Å². The molecule has 7 nitrogen and oxygen atoms in total. The molecule has 0 radical (unpaired) electrons. The third kappa shape index (κ3) is 3.28. The van der Waals surface area contributed by atoms with Crippen LogP contribution in [0.15, 0.2) is 12.5 Å². The summed E-state index contributed by atoms with van der Waals surface area (Å²) in [5, 5.41) is 11.8. The minimum absolute atomic E-state index is 0.194. The predicted molar refractivity (Wildman–Crippen MR) is 72.1 cm³/mol. The fourth-order valence-electron chi connectivity index (χ4n) is 2.35. The van der Waals surface area contributed by atoms with Crippen molar-refractivity contribution in [2.45, 2.75) is 26.3 Å². The van der Waals surface area contributed by atoms with E-state index in [0.29, 0.717) is 30.6 Å². The van der Waals surface area contributed by atoms with Gasteiger partial charge in [-0.1, -0.05) is 13.8 Å². The highest BCUT2D eigenvalue weighted by Gasteiger charge is 2.31. The summed E-state index contributed by atoms with van der Waals surface area (Å²) in [7, 11) is 0. The van der Waals surface area contributed by atoms with E-state index >= 15 is 0 Å². The number of carbonyl (C=O) groups is 2. The summed E-state index contributed by atoms with van der Waals surface area (Å²) in [5.74, 6) is -0.165. The molecule has 2 unspecified atom stereocenters. The van der Waals surface area contributed by atoms with Gasteiger partial charge in [0.2, 0.25) is 0 Å². The smallest absolute Gasteiger partial charge is 0.326 e. The number of nitrogens with zero attached hydrogens (tertiary/aromatic N) is 2. The largest absolute Gasteiger partial charge is 0.480 e. The number of rotatable bonds is 4. The van der Waals surface area contributed by atoms with E-state index in [2.05, 4.69) is 29.1 Å². The SMILES string of the molecule is CC1CN(C(=O)N[C@H](Cc2cnc[nH]2)C(=O)O)CC1C. The highest BCUT2D eigenvalue weighted by Crippen LogP contribution is 2.21. The Morgan fingerprint density at radius 2 is 2.15 bits per heavy atom. The third-order valence-electron chi connectivity index (χ3n) is 3.85. The average Bonchev–Trinajstić information content (AvgIpc) is 2.99. The van der Waals surface area contributed by atoms with E-state index < -0.39 is 12.0 Å². The van der Waals surface area contributed by atoms with Crippen molar-refractivity contribution in [2.75, 3.05) is 13.1 Å². The van der Waals surface area contributed by atoms with Gasteiger partial charge in [-0.05, 0) is 11.8 Å². The summed E-state index contributed by atoms with van der Waals surface area (Å²) >= 11 is 0. The second-order valence-corrected chi connectivity index (χ2v) is 5.48. The van der Waals surface area contributed by atoms with Crippen molar-refractivity contribution in [2.24, 2.45) is 11.8 Å². The van der Waals surface area contributed by atoms with Crippen molar-refractivity contribution >= 4 is 12.0 Å². The van der Waals surface area contributed by atoms with Crippen molar-refractivity contribution in [3.8, 4) is 0 Å². The lowest BCUT2D eigenvalue weighted by atomic mass is 10.0. The molecule has 20 heavy (non-hydrogen) atoms. The summed E-state index contributed by atoms with van der Waals surface area (Å²) < 4.78 is 0. The number of likely N-dealkylation sites (tertiary alicyclic amines) is 1. The molecule has 0 saturated carbocycles. The molecule has 110 valence electrons. The minimum atomic E-state index is -1.05. The first kappa shape index (κ1) is 14.4. The molecular weight excluding hydrogens is 260 g/mol.